The van der Waals surface area contributed by atoms with Crippen LogP contribution in [0.25, 0.3) is 0 Å². The molecule has 0 N–H and O–H groups in total. The fourth-order valence-electron chi connectivity index (χ4n) is 2.29. The maximum absolute atomic E-state index is 12.2. The highest BCUT2D eigenvalue weighted by Gasteiger charge is 2.24. The Kier molecular flexibility index (Phi) is 4.48. The predicted molar refractivity (Wildman–Crippen MR) is 69.5 cm³/mol. The Morgan fingerprint density at radius 1 is 1.53 bits per heavy atom. The van der Waals surface area contributed by atoms with Gasteiger partial charge in [0.2, 0.25) is 0 Å². The molecule has 0 atom stereocenters. The van der Waals surface area contributed by atoms with E-state index in [1.807, 2.05) is 11.0 Å². The van der Waals surface area contributed by atoms with Gasteiger partial charge in [0.05, 0.1) is 5.56 Å². The van der Waals surface area contributed by atoms with Gasteiger partial charge in [-0.1, -0.05) is 0 Å². The van der Waals surface area contributed by atoms with Gasteiger partial charge in [0.25, 0.3) is 5.91 Å². The van der Waals surface area contributed by atoms with Crippen molar-refractivity contribution in [1.29, 1.82) is 5.26 Å². The number of amides is 1. The number of hydrogen-bond acceptors (Lipinski definition) is 4. The monoisotopic (exact) mass is 259 g/mol. The minimum Gasteiger partial charge on any atom is -0.384 e. The summed E-state index contributed by atoms with van der Waals surface area (Å²) in [4.78, 5) is 18.1. The van der Waals surface area contributed by atoms with E-state index in [0.717, 1.165) is 32.5 Å². The number of nitriles is 1. The molecule has 19 heavy (non-hydrogen) atoms. The summed E-state index contributed by atoms with van der Waals surface area (Å²) in [6, 6.07) is 5.23. The van der Waals surface area contributed by atoms with Crippen molar-refractivity contribution >= 4 is 5.91 Å². The Hall–Kier alpha value is -1.93. The van der Waals surface area contributed by atoms with E-state index in [0.29, 0.717) is 17.2 Å². The van der Waals surface area contributed by atoms with Crippen molar-refractivity contribution < 1.29 is 9.53 Å². The molecule has 1 aromatic heterocycles. The topological polar surface area (TPSA) is 66.2 Å². The maximum atomic E-state index is 12.2. The molecule has 1 aromatic rings. The van der Waals surface area contributed by atoms with Gasteiger partial charge in [0, 0.05) is 33.0 Å². The molecular weight excluding hydrogens is 242 g/mol. The first kappa shape index (κ1) is 13.5. The molecule has 0 aliphatic carbocycles. The van der Waals surface area contributed by atoms with Crippen LogP contribution >= 0.6 is 0 Å². The first-order valence-corrected chi connectivity index (χ1v) is 6.39. The largest absolute Gasteiger partial charge is 0.384 e. The summed E-state index contributed by atoms with van der Waals surface area (Å²) in [5.41, 5.74) is 0.875. The van der Waals surface area contributed by atoms with E-state index in [2.05, 4.69) is 4.98 Å². The lowest BCUT2D eigenvalue weighted by atomic mass is 9.97. The van der Waals surface area contributed by atoms with E-state index in [4.69, 9.17) is 10.00 Å². The van der Waals surface area contributed by atoms with E-state index in [1.54, 1.807) is 19.2 Å². The van der Waals surface area contributed by atoms with Gasteiger partial charge in [-0.25, -0.2) is 4.98 Å². The van der Waals surface area contributed by atoms with Crippen LogP contribution in [0.1, 0.15) is 28.9 Å². The SMILES string of the molecule is COCC1CCN(C(=O)c2ccc(C#N)cn2)CC1. The quantitative estimate of drug-likeness (QED) is 0.824. The number of carbonyl (C=O) groups is 1. The molecule has 5 nitrogen and oxygen atoms in total. The second kappa shape index (κ2) is 6.30. The normalized spacial score (nSPS) is 16.1. The molecule has 1 fully saturated rings. The van der Waals surface area contributed by atoms with E-state index in [1.165, 1.54) is 6.20 Å². The second-order valence-corrected chi connectivity index (χ2v) is 4.73. The summed E-state index contributed by atoms with van der Waals surface area (Å²) < 4.78 is 5.14. The van der Waals surface area contributed by atoms with Crippen LogP contribution in [0.2, 0.25) is 0 Å². The zero-order valence-corrected chi connectivity index (χ0v) is 11.0. The number of pyridine rings is 1. The third-order valence-electron chi connectivity index (χ3n) is 3.42. The van der Waals surface area contributed by atoms with Crippen LogP contribution in [-0.4, -0.2) is 42.6 Å². The highest BCUT2D eigenvalue weighted by Crippen LogP contribution is 2.18. The van der Waals surface area contributed by atoms with Crippen LogP contribution in [0.15, 0.2) is 18.3 Å². The van der Waals surface area contributed by atoms with Gasteiger partial charge < -0.3 is 9.64 Å². The highest BCUT2D eigenvalue weighted by molar-refractivity contribution is 5.92. The van der Waals surface area contributed by atoms with Crippen molar-refractivity contribution in [3.8, 4) is 6.07 Å². The van der Waals surface area contributed by atoms with Crippen LogP contribution in [0.4, 0.5) is 0 Å². The van der Waals surface area contributed by atoms with E-state index in [9.17, 15) is 4.79 Å². The van der Waals surface area contributed by atoms with Crippen LogP contribution in [0, 0.1) is 17.2 Å². The van der Waals surface area contributed by atoms with Crippen molar-refractivity contribution in [2.45, 2.75) is 12.8 Å². The average Bonchev–Trinajstić information content (AvgIpc) is 2.48. The zero-order chi connectivity index (χ0) is 13.7. The Bertz CT molecular complexity index is 470. The smallest absolute Gasteiger partial charge is 0.272 e. The van der Waals surface area contributed by atoms with Crippen molar-refractivity contribution in [2.24, 2.45) is 5.92 Å². The van der Waals surface area contributed by atoms with Gasteiger partial charge in [-0.15, -0.1) is 0 Å². The molecule has 100 valence electrons. The van der Waals surface area contributed by atoms with Crippen LogP contribution in [0.5, 0.6) is 0 Å². The zero-order valence-electron chi connectivity index (χ0n) is 11.0. The predicted octanol–water partition coefficient (Wildman–Crippen LogP) is 1.45. The maximum Gasteiger partial charge on any atom is 0.272 e. The van der Waals surface area contributed by atoms with Crippen molar-refractivity contribution in [1.82, 2.24) is 9.88 Å². The van der Waals surface area contributed by atoms with E-state index in [-0.39, 0.29) is 5.91 Å². The van der Waals surface area contributed by atoms with Gasteiger partial charge in [-0.2, -0.15) is 5.26 Å². The van der Waals surface area contributed by atoms with Crippen molar-refractivity contribution in [3.63, 3.8) is 0 Å². The van der Waals surface area contributed by atoms with Crippen LogP contribution in [0.3, 0.4) is 0 Å². The number of piperidine rings is 1. The molecule has 0 unspecified atom stereocenters. The lowest BCUT2D eigenvalue weighted by Crippen LogP contribution is -2.39. The Morgan fingerprint density at radius 3 is 2.79 bits per heavy atom. The third kappa shape index (κ3) is 3.30. The number of carbonyl (C=O) groups excluding carboxylic acids is 1. The lowest BCUT2D eigenvalue weighted by molar-refractivity contribution is 0.0608. The minimum absolute atomic E-state index is 0.0552. The van der Waals surface area contributed by atoms with Crippen LogP contribution < -0.4 is 0 Å². The Morgan fingerprint density at radius 2 is 2.26 bits per heavy atom. The number of methoxy groups -OCH3 is 1. The molecule has 0 saturated carbocycles. The van der Waals surface area contributed by atoms with Gasteiger partial charge in [0.1, 0.15) is 11.8 Å². The van der Waals surface area contributed by atoms with Gasteiger partial charge in [-0.05, 0) is 30.9 Å². The molecule has 0 spiro atoms. The Labute approximate surface area is 112 Å². The molecule has 1 aliphatic rings. The number of ether oxygens (including phenoxy) is 1. The summed E-state index contributed by atoms with van der Waals surface area (Å²) in [6.07, 6.45) is 3.37. The molecule has 1 saturated heterocycles. The minimum atomic E-state index is -0.0552. The first-order chi connectivity index (χ1) is 9.24. The summed E-state index contributed by atoms with van der Waals surface area (Å²) in [5, 5.41) is 8.70. The summed E-state index contributed by atoms with van der Waals surface area (Å²) in [6.45, 7) is 2.25. The van der Waals surface area contributed by atoms with Gasteiger partial charge in [-0.3, -0.25) is 4.79 Å². The molecule has 2 heterocycles. The summed E-state index contributed by atoms with van der Waals surface area (Å²) >= 11 is 0. The van der Waals surface area contributed by atoms with Gasteiger partial charge in [0.15, 0.2) is 0 Å². The van der Waals surface area contributed by atoms with Crippen LogP contribution in [-0.2, 0) is 4.74 Å². The molecule has 5 heteroatoms. The second-order valence-electron chi connectivity index (χ2n) is 4.73. The number of likely N-dealkylation sites (tertiary alicyclic amines) is 1. The molecule has 2 rings (SSSR count). The third-order valence-corrected chi connectivity index (χ3v) is 3.42. The number of aromatic nitrogens is 1. The fraction of sp³-hybridized carbons (Fsp3) is 0.500. The Balaban J connectivity index is 1.95. The molecule has 0 radical (unpaired) electrons. The molecule has 1 amide bonds. The molecule has 0 bridgehead atoms. The number of nitrogens with zero attached hydrogens (tertiary/aromatic N) is 3. The van der Waals surface area contributed by atoms with E-state index >= 15 is 0 Å². The van der Waals surface area contributed by atoms with Gasteiger partial charge >= 0.3 is 0 Å². The summed E-state index contributed by atoms with van der Waals surface area (Å²) in [5.74, 6) is 0.489. The fourth-order valence-corrected chi connectivity index (χ4v) is 2.29. The number of rotatable bonds is 3. The van der Waals surface area contributed by atoms with E-state index < -0.39 is 0 Å². The molecule has 0 aromatic carbocycles. The first-order valence-electron chi connectivity index (χ1n) is 6.39. The molecule has 1 aliphatic heterocycles. The lowest BCUT2D eigenvalue weighted by Gasteiger charge is -2.31. The number of hydrogen-bond donors (Lipinski definition) is 0. The van der Waals surface area contributed by atoms with Crippen molar-refractivity contribution in [2.75, 3.05) is 26.8 Å². The highest BCUT2D eigenvalue weighted by atomic mass is 16.5. The standard InChI is InChI=1S/C14H17N3O2/c1-19-10-11-4-6-17(7-5-11)14(18)13-3-2-12(8-15)9-16-13/h2-3,9,11H,4-7,10H2,1H3. The average molecular weight is 259 g/mol. The molecular formula is C14H17N3O2. The van der Waals surface area contributed by atoms with Crippen molar-refractivity contribution in [3.05, 3.63) is 29.6 Å². The summed E-state index contributed by atoms with van der Waals surface area (Å²) in [7, 11) is 1.71.